The summed E-state index contributed by atoms with van der Waals surface area (Å²) < 4.78 is 0. The minimum atomic E-state index is 0.485. The van der Waals surface area contributed by atoms with Crippen LogP contribution in [0, 0.1) is 11.8 Å². The first-order chi connectivity index (χ1) is 4.77. The summed E-state index contributed by atoms with van der Waals surface area (Å²) in [5.41, 5.74) is 0. The first-order valence-corrected chi connectivity index (χ1v) is 4.29. The van der Waals surface area contributed by atoms with Crippen LogP contribution in [0.4, 0.5) is 0 Å². The Morgan fingerprint density at radius 1 is 1.20 bits per heavy atom. The maximum absolute atomic E-state index is 11.0. The molecule has 0 bridgehead atoms. The van der Waals surface area contributed by atoms with Gasteiger partial charge in [0.05, 0.1) is 0 Å². The first-order valence-electron chi connectivity index (χ1n) is 4.29. The molecule has 0 heterocycles. The van der Waals surface area contributed by atoms with E-state index < -0.39 is 0 Å². The van der Waals surface area contributed by atoms with Crippen LogP contribution in [0.15, 0.2) is 0 Å². The molecule has 0 amide bonds. The molecule has 1 aliphatic rings. The van der Waals surface area contributed by atoms with Crippen LogP contribution in [0.5, 0.6) is 0 Å². The maximum atomic E-state index is 11.0. The van der Waals surface area contributed by atoms with Crippen molar-refractivity contribution in [1.82, 2.24) is 0 Å². The Labute approximate surface area is 62.8 Å². The molecular weight excluding hydrogens is 124 g/mol. The van der Waals surface area contributed by atoms with Crippen molar-refractivity contribution in [2.24, 2.45) is 11.8 Å². The third-order valence-electron chi connectivity index (χ3n) is 2.70. The monoisotopic (exact) mass is 140 g/mol. The van der Waals surface area contributed by atoms with E-state index in [1.54, 1.807) is 0 Å². The minimum Gasteiger partial charge on any atom is -0.300 e. The van der Waals surface area contributed by atoms with E-state index in [0.29, 0.717) is 17.6 Å². The maximum Gasteiger partial charge on any atom is 0.133 e. The number of hydrogen-bond donors (Lipinski definition) is 0. The Morgan fingerprint density at radius 3 is 1.90 bits per heavy atom. The van der Waals surface area contributed by atoms with Gasteiger partial charge in [-0.15, -0.1) is 0 Å². The smallest absolute Gasteiger partial charge is 0.133 e. The molecular formula is C9H16O. The number of carbonyl (C=O) groups excluding carboxylic acids is 1. The zero-order valence-electron chi connectivity index (χ0n) is 6.89. The lowest BCUT2D eigenvalue weighted by Gasteiger charge is -2.13. The van der Waals surface area contributed by atoms with Crippen LogP contribution in [0.3, 0.4) is 0 Å². The van der Waals surface area contributed by atoms with Gasteiger partial charge in [0, 0.05) is 12.8 Å². The SMILES string of the molecule is CC[C@@H]1CC(=O)C[C@@H]1CC. The van der Waals surface area contributed by atoms with Gasteiger partial charge in [-0.1, -0.05) is 26.7 Å². The minimum absolute atomic E-state index is 0.485. The van der Waals surface area contributed by atoms with E-state index in [4.69, 9.17) is 0 Å². The standard InChI is InChI=1S/C9H16O/c1-3-7-5-9(10)6-8(7)4-2/h7-8H,3-6H2,1-2H3/t7-,8+. The molecule has 1 heteroatoms. The van der Waals surface area contributed by atoms with Crippen LogP contribution in [-0.4, -0.2) is 5.78 Å². The highest BCUT2D eigenvalue weighted by atomic mass is 16.1. The third-order valence-corrected chi connectivity index (χ3v) is 2.70. The zero-order valence-corrected chi connectivity index (χ0v) is 6.89. The highest BCUT2D eigenvalue weighted by Crippen LogP contribution is 2.33. The topological polar surface area (TPSA) is 17.1 Å². The summed E-state index contributed by atoms with van der Waals surface area (Å²) >= 11 is 0. The van der Waals surface area contributed by atoms with Crippen molar-refractivity contribution in [3.05, 3.63) is 0 Å². The lowest BCUT2D eigenvalue weighted by Crippen LogP contribution is -2.04. The molecule has 2 atom stereocenters. The van der Waals surface area contributed by atoms with Crippen molar-refractivity contribution in [3.8, 4) is 0 Å². The highest BCUT2D eigenvalue weighted by Gasteiger charge is 2.29. The predicted molar refractivity (Wildman–Crippen MR) is 41.8 cm³/mol. The van der Waals surface area contributed by atoms with Gasteiger partial charge in [-0.25, -0.2) is 0 Å². The summed E-state index contributed by atoms with van der Waals surface area (Å²) in [5, 5.41) is 0. The van der Waals surface area contributed by atoms with E-state index in [-0.39, 0.29) is 0 Å². The van der Waals surface area contributed by atoms with Crippen molar-refractivity contribution in [2.45, 2.75) is 39.5 Å². The molecule has 1 nitrogen and oxygen atoms in total. The molecule has 58 valence electrons. The number of hydrogen-bond acceptors (Lipinski definition) is 1. The Kier molecular flexibility index (Phi) is 2.47. The van der Waals surface area contributed by atoms with E-state index >= 15 is 0 Å². The summed E-state index contributed by atoms with van der Waals surface area (Å²) in [7, 11) is 0. The van der Waals surface area contributed by atoms with E-state index in [1.165, 1.54) is 12.8 Å². The lowest BCUT2D eigenvalue weighted by atomic mass is 9.92. The first kappa shape index (κ1) is 7.77. The molecule has 0 aliphatic heterocycles. The molecule has 1 saturated carbocycles. The van der Waals surface area contributed by atoms with Crippen molar-refractivity contribution in [1.29, 1.82) is 0 Å². The summed E-state index contributed by atoms with van der Waals surface area (Å²) in [6.45, 7) is 4.37. The van der Waals surface area contributed by atoms with Gasteiger partial charge in [0.2, 0.25) is 0 Å². The highest BCUT2D eigenvalue weighted by molar-refractivity contribution is 5.81. The van der Waals surface area contributed by atoms with E-state index in [9.17, 15) is 4.79 Å². The number of Topliss-reactive ketones (excluding diaryl/α,β-unsaturated/α-hetero) is 1. The summed E-state index contributed by atoms with van der Waals surface area (Å²) in [4.78, 5) is 11.0. The molecule has 0 unspecified atom stereocenters. The van der Waals surface area contributed by atoms with E-state index in [0.717, 1.165) is 12.8 Å². The van der Waals surface area contributed by atoms with Crippen molar-refractivity contribution >= 4 is 5.78 Å². The molecule has 1 rings (SSSR count). The second-order valence-corrected chi connectivity index (χ2v) is 3.28. The molecule has 0 aromatic heterocycles. The number of ketones is 1. The van der Waals surface area contributed by atoms with E-state index in [2.05, 4.69) is 13.8 Å². The van der Waals surface area contributed by atoms with Crippen molar-refractivity contribution in [3.63, 3.8) is 0 Å². The average molecular weight is 140 g/mol. The van der Waals surface area contributed by atoms with E-state index in [1.807, 2.05) is 0 Å². The van der Waals surface area contributed by atoms with Crippen LogP contribution < -0.4 is 0 Å². The summed E-state index contributed by atoms with van der Waals surface area (Å²) in [6, 6.07) is 0. The van der Waals surface area contributed by atoms with Gasteiger partial charge in [0.15, 0.2) is 0 Å². The molecule has 0 spiro atoms. The Bertz CT molecular complexity index is 115. The van der Waals surface area contributed by atoms with Crippen molar-refractivity contribution in [2.75, 3.05) is 0 Å². The van der Waals surface area contributed by atoms with Gasteiger partial charge >= 0.3 is 0 Å². The molecule has 10 heavy (non-hydrogen) atoms. The fraction of sp³-hybridized carbons (Fsp3) is 0.889. The summed E-state index contributed by atoms with van der Waals surface area (Å²) in [5.74, 6) is 1.90. The second-order valence-electron chi connectivity index (χ2n) is 3.28. The molecule has 0 saturated heterocycles. The fourth-order valence-electron chi connectivity index (χ4n) is 1.96. The van der Waals surface area contributed by atoms with Gasteiger partial charge in [-0.3, -0.25) is 4.79 Å². The van der Waals surface area contributed by atoms with Crippen LogP contribution >= 0.6 is 0 Å². The molecule has 0 N–H and O–H groups in total. The van der Waals surface area contributed by atoms with Crippen molar-refractivity contribution < 1.29 is 4.79 Å². The van der Waals surface area contributed by atoms with Gasteiger partial charge in [-0.2, -0.15) is 0 Å². The number of carbonyl (C=O) groups is 1. The molecule has 0 radical (unpaired) electrons. The Balaban J connectivity index is 2.48. The number of rotatable bonds is 2. The van der Waals surface area contributed by atoms with Gasteiger partial charge in [0.25, 0.3) is 0 Å². The quantitative estimate of drug-likeness (QED) is 0.575. The normalized spacial score (nSPS) is 33.2. The van der Waals surface area contributed by atoms with Crippen LogP contribution in [0.25, 0.3) is 0 Å². The average Bonchev–Trinajstić information content (AvgIpc) is 2.30. The van der Waals surface area contributed by atoms with Gasteiger partial charge in [0.1, 0.15) is 5.78 Å². The molecule has 0 aromatic rings. The molecule has 1 fully saturated rings. The Morgan fingerprint density at radius 2 is 1.60 bits per heavy atom. The predicted octanol–water partition coefficient (Wildman–Crippen LogP) is 2.40. The van der Waals surface area contributed by atoms with Crippen LogP contribution in [0.1, 0.15) is 39.5 Å². The van der Waals surface area contributed by atoms with Crippen LogP contribution in [-0.2, 0) is 4.79 Å². The largest absolute Gasteiger partial charge is 0.300 e. The van der Waals surface area contributed by atoms with Crippen LogP contribution in [0.2, 0.25) is 0 Å². The Hall–Kier alpha value is -0.330. The summed E-state index contributed by atoms with van der Waals surface area (Å²) in [6.07, 6.45) is 4.08. The molecule has 1 aliphatic carbocycles. The third kappa shape index (κ3) is 1.39. The van der Waals surface area contributed by atoms with Gasteiger partial charge in [-0.05, 0) is 11.8 Å². The zero-order chi connectivity index (χ0) is 7.56. The second kappa shape index (κ2) is 3.18. The molecule has 0 aromatic carbocycles. The fourth-order valence-corrected chi connectivity index (χ4v) is 1.96. The van der Waals surface area contributed by atoms with Gasteiger partial charge < -0.3 is 0 Å². The lowest BCUT2D eigenvalue weighted by molar-refractivity contribution is -0.117.